The molecule has 0 N–H and O–H groups in total. The van der Waals surface area contributed by atoms with Crippen molar-refractivity contribution in [1.82, 2.24) is 0 Å². The van der Waals surface area contributed by atoms with Crippen molar-refractivity contribution in [1.29, 1.82) is 0 Å². The molecule has 1 aromatic carbocycles. The van der Waals surface area contributed by atoms with E-state index in [-0.39, 0.29) is 0 Å². The first kappa shape index (κ1) is 22.8. The van der Waals surface area contributed by atoms with E-state index in [1.807, 2.05) is 0 Å². The van der Waals surface area contributed by atoms with Gasteiger partial charge in [-0.1, -0.05) is 0 Å². The second-order valence-electron chi connectivity index (χ2n) is 4.64. The van der Waals surface area contributed by atoms with E-state index in [2.05, 4.69) is 14.2 Å². The fraction of sp³-hybridized carbons (Fsp3) is 0.500. The summed E-state index contributed by atoms with van der Waals surface area (Å²) in [6.07, 6.45) is -15.6. The van der Waals surface area contributed by atoms with E-state index in [0.29, 0.717) is 0 Å². The van der Waals surface area contributed by atoms with Gasteiger partial charge in [-0.05, 0) is 0 Å². The highest BCUT2D eigenvalue weighted by molar-refractivity contribution is 5.49. The largest absolute Gasteiger partial charge is 0.478 e. The van der Waals surface area contributed by atoms with Crippen LogP contribution in [0.3, 0.4) is 0 Å². The van der Waals surface area contributed by atoms with Gasteiger partial charge in [-0.15, -0.1) is 0 Å². The molecular formula is C12H6F12O3. The summed E-state index contributed by atoms with van der Waals surface area (Å²) in [5, 5.41) is 0. The molecule has 0 bridgehead atoms. The van der Waals surface area contributed by atoms with Gasteiger partial charge in [0.25, 0.3) is 0 Å². The molecular weight excluding hydrogens is 420 g/mol. The van der Waals surface area contributed by atoms with Crippen LogP contribution in [-0.4, -0.2) is 38.3 Å². The molecule has 0 saturated carbocycles. The second kappa shape index (κ2) is 7.80. The highest BCUT2D eigenvalue weighted by Gasteiger charge is 2.37. The molecule has 1 aromatic rings. The lowest BCUT2D eigenvalue weighted by atomic mass is 10.2. The van der Waals surface area contributed by atoms with Crippen LogP contribution in [0.15, 0.2) is 0 Å². The molecule has 0 aliphatic carbocycles. The Morgan fingerprint density at radius 3 is 1.04 bits per heavy atom. The number of hydrogen-bond donors (Lipinski definition) is 0. The minimum atomic E-state index is -5.22. The molecule has 156 valence electrons. The third kappa shape index (κ3) is 7.13. The smallest absolute Gasteiger partial charge is 0.422 e. The maximum absolute atomic E-state index is 14.0. The first-order chi connectivity index (χ1) is 12.0. The van der Waals surface area contributed by atoms with E-state index < -0.39 is 73.0 Å². The third-order valence-corrected chi connectivity index (χ3v) is 2.34. The summed E-state index contributed by atoms with van der Waals surface area (Å²) in [6, 6.07) is 0. The summed E-state index contributed by atoms with van der Waals surface area (Å²) in [6.45, 7) is -7.19. The zero-order valence-electron chi connectivity index (χ0n) is 12.4. The lowest BCUT2D eigenvalue weighted by Gasteiger charge is -2.19. The van der Waals surface area contributed by atoms with Crippen LogP contribution < -0.4 is 14.2 Å². The molecule has 0 spiro atoms. The van der Waals surface area contributed by atoms with Crippen molar-refractivity contribution < 1.29 is 66.9 Å². The summed E-state index contributed by atoms with van der Waals surface area (Å²) >= 11 is 0. The fourth-order valence-corrected chi connectivity index (χ4v) is 1.44. The zero-order valence-corrected chi connectivity index (χ0v) is 12.4. The summed E-state index contributed by atoms with van der Waals surface area (Å²) in [5.41, 5.74) is 0. The number of alkyl halides is 9. The van der Waals surface area contributed by atoms with Crippen LogP contribution in [0.2, 0.25) is 0 Å². The quantitative estimate of drug-likeness (QED) is 0.477. The van der Waals surface area contributed by atoms with Crippen molar-refractivity contribution in [3.63, 3.8) is 0 Å². The molecule has 0 atom stereocenters. The van der Waals surface area contributed by atoms with Crippen molar-refractivity contribution in [3.8, 4) is 17.2 Å². The third-order valence-electron chi connectivity index (χ3n) is 2.34. The predicted molar refractivity (Wildman–Crippen MR) is 61.0 cm³/mol. The Labute approximate surface area is 141 Å². The Morgan fingerprint density at radius 2 is 0.704 bits per heavy atom. The van der Waals surface area contributed by atoms with Gasteiger partial charge in [-0.3, -0.25) is 0 Å². The number of ether oxygens (including phenoxy) is 3. The van der Waals surface area contributed by atoms with Crippen molar-refractivity contribution in [3.05, 3.63) is 17.5 Å². The topological polar surface area (TPSA) is 27.7 Å². The molecule has 0 unspecified atom stereocenters. The highest BCUT2D eigenvalue weighted by Crippen LogP contribution is 2.43. The summed E-state index contributed by atoms with van der Waals surface area (Å²) in [7, 11) is 0. The van der Waals surface area contributed by atoms with E-state index in [1.54, 1.807) is 0 Å². The van der Waals surface area contributed by atoms with Gasteiger partial charge in [-0.25, -0.2) is 0 Å². The van der Waals surface area contributed by atoms with Gasteiger partial charge in [0.1, 0.15) is 0 Å². The zero-order chi connectivity index (χ0) is 21.2. The Morgan fingerprint density at radius 1 is 0.444 bits per heavy atom. The maximum Gasteiger partial charge on any atom is 0.422 e. The second-order valence-corrected chi connectivity index (χ2v) is 4.64. The summed E-state index contributed by atoms with van der Waals surface area (Å²) < 4.78 is 161. The first-order valence-corrected chi connectivity index (χ1v) is 6.31. The maximum atomic E-state index is 14.0. The van der Waals surface area contributed by atoms with Gasteiger partial charge >= 0.3 is 18.5 Å². The van der Waals surface area contributed by atoms with Crippen LogP contribution in [0.25, 0.3) is 0 Å². The standard InChI is InChI=1S/C12H6F12O3/c13-4-5(14)8(26-2-11(19,20)21)9(27-3-12(22,23)24)6(15)7(4)25-1-10(16,17)18/h1-3H2. The molecule has 0 saturated heterocycles. The van der Waals surface area contributed by atoms with E-state index in [0.717, 1.165) is 0 Å². The Bertz CT molecular complexity index is 662. The monoisotopic (exact) mass is 426 g/mol. The lowest BCUT2D eigenvalue weighted by Crippen LogP contribution is -2.24. The molecule has 27 heavy (non-hydrogen) atoms. The van der Waals surface area contributed by atoms with E-state index in [9.17, 15) is 52.7 Å². The average Bonchev–Trinajstić information content (AvgIpc) is 2.45. The van der Waals surface area contributed by atoms with Gasteiger partial charge in [0, 0.05) is 0 Å². The summed E-state index contributed by atoms with van der Waals surface area (Å²) in [5.74, 6) is -13.8. The van der Waals surface area contributed by atoms with Crippen LogP contribution in [0, 0.1) is 17.5 Å². The number of hydrogen-bond acceptors (Lipinski definition) is 3. The van der Waals surface area contributed by atoms with E-state index in [4.69, 9.17) is 0 Å². The van der Waals surface area contributed by atoms with Crippen molar-refractivity contribution >= 4 is 0 Å². The Kier molecular flexibility index (Phi) is 6.59. The minimum absolute atomic E-state index is 2.05. The number of benzene rings is 1. The molecule has 0 heterocycles. The SMILES string of the molecule is Fc1c(F)c(OCC(F)(F)F)c(OCC(F)(F)F)c(F)c1OCC(F)(F)F. The first-order valence-electron chi connectivity index (χ1n) is 6.31. The Balaban J connectivity index is 3.38. The van der Waals surface area contributed by atoms with Crippen molar-refractivity contribution in [2.24, 2.45) is 0 Å². The molecule has 0 aromatic heterocycles. The number of halogens is 12. The van der Waals surface area contributed by atoms with Crippen LogP contribution in [-0.2, 0) is 0 Å². The van der Waals surface area contributed by atoms with Crippen molar-refractivity contribution in [2.75, 3.05) is 19.8 Å². The molecule has 1 rings (SSSR count). The molecule has 0 aliphatic rings. The van der Waals surface area contributed by atoms with E-state index >= 15 is 0 Å². The fourth-order valence-electron chi connectivity index (χ4n) is 1.44. The van der Waals surface area contributed by atoms with Crippen molar-refractivity contribution in [2.45, 2.75) is 18.5 Å². The Hall–Kier alpha value is -2.22. The van der Waals surface area contributed by atoms with Gasteiger partial charge in [0.15, 0.2) is 25.6 Å². The molecule has 0 amide bonds. The van der Waals surface area contributed by atoms with Gasteiger partial charge < -0.3 is 14.2 Å². The highest BCUT2D eigenvalue weighted by atomic mass is 19.4. The molecule has 0 fully saturated rings. The molecule has 0 radical (unpaired) electrons. The van der Waals surface area contributed by atoms with Crippen LogP contribution >= 0.6 is 0 Å². The molecule has 3 nitrogen and oxygen atoms in total. The average molecular weight is 426 g/mol. The normalized spacial score (nSPS) is 12.9. The lowest BCUT2D eigenvalue weighted by molar-refractivity contribution is -0.159. The van der Waals surface area contributed by atoms with E-state index in [1.165, 1.54) is 0 Å². The number of rotatable bonds is 6. The molecule has 0 aliphatic heterocycles. The minimum Gasteiger partial charge on any atom is -0.478 e. The molecule has 15 heteroatoms. The van der Waals surface area contributed by atoms with Crippen LogP contribution in [0.4, 0.5) is 52.7 Å². The predicted octanol–water partition coefficient (Wildman–Crippen LogP) is 4.93. The van der Waals surface area contributed by atoms with Gasteiger partial charge in [0.2, 0.25) is 29.0 Å². The van der Waals surface area contributed by atoms with Gasteiger partial charge in [0.05, 0.1) is 0 Å². The van der Waals surface area contributed by atoms with Crippen LogP contribution in [0.1, 0.15) is 0 Å². The summed E-state index contributed by atoms with van der Waals surface area (Å²) in [4.78, 5) is 0. The van der Waals surface area contributed by atoms with Gasteiger partial charge in [-0.2, -0.15) is 52.7 Å². The van der Waals surface area contributed by atoms with Crippen LogP contribution in [0.5, 0.6) is 17.2 Å².